The van der Waals surface area contributed by atoms with Gasteiger partial charge in [-0.25, -0.2) is 14.6 Å². The summed E-state index contributed by atoms with van der Waals surface area (Å²) in [5.74, 6) is 2.52. The first-order valence-corrected chi connectivity index (χ1v) is 8.10. The Hall–Kier alpha value is -0.940. The van der Waals surface area contributed by atoms with Crippen molar-refractivity contribution in [2.24, 2.45) is 0 Å². The molecule has 0 saturated carbocycles. The highest BCUT2D eigenvalue weighted by atomic mass is 35.5. The van der Waals surface area contributed by atoms with Gasteiger partial charge in [0.2, 0.25) is 0 Å². The number of nitrogens with zero attached hydrogens (tertiary/aromatic N) is 4. The molecular weight excluding hydrogens is 280 g/mol. The fraction of sp³-hybridized carbons (Fsp3) is 0.615. The Kier molecular flexibility index (Phi) is 5.34. The van der Waals surface area contributed by atoms with Gasteiger partial charge in [-0.15, -0.1) is 22.9 Å². The third kappa shape index (κ3) is 3.76. The fourth-order valence-corrected chi connectivity index (χ4v) is 2.99. The van der Waals surface area contributed by atoms with Gasteiger partial charge in [0.1, 0.15) is 5.82 Å². The van der Waals surface area contributed by atoms with Gasteiger partial charge in [-0.3, -0.25) is 0 Å². The molecule has 2 aromatic heterocycles. The number of thiazole rings is 1. The molecule has 0 bridgehead atoms. The Labute approximate surface area is 122 Å². The standard InChI is InChI=1S/C13H19ClN4S/c1-3-11-16-12(4-2)18(17-11)7-5-6-13-15-10(8-14)9-19-13/h9H,3-8H2,1-2H3. The Morgan fingerprint density at radius 2 is 2.11 bits per heavy atom. The van der Waals surface area contributed by atoms with E-state index in [1.165, 1.54) is 0 Å². The maximum atomic E-state index is 5.75. The Morgan fingerprint density at radius 1 is 1.26 bits per heavy atom. The number of rotatable bonds is 7. The zero-order valence-corrected chi connectivity index (χ0v) is 13.0. The summed E-state index contributed by atoms with van der Waals surface area (Å²) in [6, 6.07) is 0. The minimum absolute atomic E-state index is 0.499. The molecule has 0 radical (unpaired) electrons. The van der Waals surface area contributed by atoms with Crippen LogP contribution in [-0.4, -0.2) is 19.7 Å². The van der Waals surface area contributed by atoms with Crippen molar-refractivity contribution in [1.29, 1.82) is 0 Å². The van der Waals surface area contributed by atoms with E-state index < -0.39 is 0 Å². The van der Waals surface area contributed by atoms with Crippen LogP contribution in [0.2, 0.25) is 0 Å². The smallest absolute Gasteiger partial charge is 0.150 e. The maximum Gasteiger partial charge on any atom is 0.150 e. The zero-order chi connectivity index (χ0) is 13.7. The maximum absolute atomic E-state index is 5.75. The molecule has 2 rings (SSSR count). The molecule has 2 aromatic rings. The fourth-order valence-electron chi connectivity index (χ4n) is 1.92. The van der Waals surface area contributed by atoms with Crippen LogP contribution in [0.3, 0.4) is 0 Å². The minimum Gasteiger partial charge on any atom is -0.250 e. The van der Waals surface area contributed by atoms with Crippen molar-refractivity contribution in [1.82, 2.24) is 19.7 Å². The summed E-state index contributed by atoms with van der Waals surface area (Å²) in [6.45, 7) is 5.11. The minimum atomic E-state index is 0.499. The van der Waals surface area contributed by atoms with E-state index in [0.29, 0.717) is 5.88 Å². The number of hydrogen-bond acceptors (Lipinski definition) is 4. The van der Waals surface area contributed by atoms with E-state index in [0.717, 1.165) is 54.6 Å². The highest BCUT2D eigenvalue weighted by Crippen LogP contribution is 2.14. The van der Waals surface area contributed by atoms with Crippen molar-refractivity contribution in [2.45, 2.75) is 52.0 Å². The first-order valence-electron chi connectivity index (χ1n) is 6.68. The second kappa shape index (κ2) is 7.01. The van der Waals surface area contributed by atoms with Crippen molar-refractivity contribution >= 4 is 22.9 Å². The number of aromatic nitrogens is 4. The van der Waals surface area contributed by atoms with E-state index in [1.807, 2.05) is 10.1 Å². The Morgan fingerprint density at radius 3 is 2.74 bits per heavy atom. The predicted octanol–water partition coefficient (Wildman–Crippen LogP) is 3.23. The van der Waals surface area contributed by atoms with E-state index in [2.05, 4.69) is 28.9 Å². The molecule has 0 saturated heterocycles. The van der Waals surface area contributed by atoms with E-state index in [9.17, 15) is 0 Å². The second-order valence-corrected chi connectivity index (χ2v) is 5.55. The largest absolute Gasteiger partial charge is 0.250 e. The van der Waals surface area contributed by atoms with Crippen LogP contribution in [0, 0.1) is 0 Å². The summed E-state index contributed by atoms with van der Waals surface area (Å²) in [5, 5.41) is 7.71. The second-order valence-electron chi connectivity index (χ2n) is 4.34. The summed E-state index contributed by atoms with van der Waals surface area (Å²) in [4.78, 5) is 8.98. The van der Waals surface area contributed by atoms with Crippen LogP contribution in [-0.2, 0) is 31.7 Å². The average Bonchev–Trinajstić information content (AvgIpc) is 3.05. The quantitative estimate of drug-likeness (QED) is 0.737. The molecule has 4 nitrogen and oxygen atoms in total. The SMILES string of the molecule is CCc1nc(CC)n(CCCc2nc(CCl)cs2)n1. The van der Waals surface area contributed by atoms with Gasteiger partial charge in [0.15, 0.2) is 5.82 Å². The summed E-state index contributed by atoms with van der Waals surface area (Å²) < 4.78 is 2.04. The van der Waals surface area contributed by atoms with Gasteiger partial charge in [0.25, 0.3) is 0 Å². The predicted molar refractivity (Wildman–Crippen MR) is 78.8 cm³/mol. The van der Waals surface area contributed by atoms with Gasteiger partial charge >= 0.3 is 0 Å². The highest BCUT2D eigenvalue weighted by Gasteiger charge is 2.07. The molecule has 0 unspecified atom stereocenters. The van der Waals surface area contributed by atoms with Crippen molar-refractivity contribution < 1.29 is 0 Å². The van der Waals surface area contributed by atoms with E-state index in [4.69, 9.17) is 11.6 Å². The molecule has 0 aromatic carbocycles. The van der Waals surface area contributed by atoms with Crippen LogP contribution in [0.4, 0.5) is 0 Å². The van der Waals surface area contributed by atoms with Gasteiger partial charge in [-0.2, -0.15) is 5.10 Å². The molecule has 104 valence electrons. The van der Waals surface area contributed by atoms with E-state index in [1.54, 1.807) is 11.3 Å². The zero-order valence-electron chi connectivity index (χ0n) is 11.4. The van der Waals surface area contributed by atoms with E-state index >= 15 is 0 Å². The molecule has 0 N–H and O–H groups in total. The van der Waals surface area contributed by atoms with Gasteiger partial charge in [-0.1, -0.05) is 13.8 Å². The third-order valence-electron chi connectivity index (χ3n) is 2.92. The average molecular weight is 299 g/mol. The summed E-state index contributed by atoms with van der Waals surface area (Å²) in [7, 11) is 0. The number of aryl methyl sites for hydroxylation is 4. The molecule has 19 heavy (non-hydrogen) atoms. The molecule has 6 heteroatoms. The molecule has 0 aliphatic carbocycles. The van der Waals surface area contributed by atoms with Crippen LogP contribution in [0.1, 0.15) is 42.6 Å². The van der Waals surface area contributed by atoms with Crippen LogP contribution < -0.4 is 0 Å². The highest BCUT2D eigenvalue weighted by molar-refractivity contribution is 7.09. The molecular formula is C13H19ClN4S. The Balaban J connectivity index is 1.89. The monoisotopic (exact) mass is 298 g/mol. The van der Waals surface area contributed by atoms with Crippen molar-refractivity contribution in [3.8, 4) is 0 Å². The lowest BCUT2D eigenvalue weighted by Gasteiger charge is -2.02. The lowest BCUT2D eigenvalue weighted by molar-refractivity contribution is 0.549. The molecule has 0 amide bonds. The van der Waals surface area contributed by atoms with Gasteiger partial charge < -0.3 is 0 Å². The van der Waals surface area contributed by atoms with E-state index in [-0.39, 0.29) is 0 Å². The van der Waals surface area contributed by atoms with Crippen LogP contribution in [0.25, 0.3) is 0 Å². The summed E-state index contributed by atoms with van der Waals surface area (Å²) in [5.41, 5.74) is 0.977. The Bertz CT molecular complexity index is 520. The first kappa shape index (κ1) is 14.5. The lowest BCUT2D eigenvalue weighted by Crippen LogP contribution is -2.06. The molecule has 2 heterocycles. The van der Waals surface area contributed by atoms with Crippen LogP contribution >= 0.6 is 22.9 Å². The number of hydrogen-bond donors (Lipinski definition) is 0. The van der Waals surface area contributed by atoms with Gasteiger partial charge in [0, 0.05) is 31.2 Å². The van der Waals surface area contributed by atoms with Gasteiger partial charge in [-0.05, 0) is 6.42 Å². The molecule has 0 aliphatic rings. The van der Waals surface area contributed by atoms with Crippen LogP contribution in [0.5, 0.6) is 0 Å². The normalized spacial score (nSPS) is 11.1. The topological polar surface area (TPSA) is 43.6 Å². The molecule has 0 fully saturated rings. The van der Waals surface area contributed by atoms with Gasteiger partial charge in [0.05, 0.1) is 16.6 Å². The molecule has 0 spiro atoms. The number of halogens is 1. The number of alkyl halides is 1. The van der Waals surface area contributed by atoms with Crippen molar-refractivity contribution in [3.05, 3.63) is 27.7 Å². The van der Waals surface area contributed by atoms with Crippen LogP contribution in [0.15, 0.2) is 5.38 Å². The first-order chi connectivity index (χ1) is 9.26. The summed E-state index contributed by atoms with van der Waals surface area (Å²) in [6.07, 6.45) is 3.84. The summed E-state index contributed by atoms with van der Waals surface area (Å²) >= 11 is 7.44. The molecule has 0 atom stereocenters. The van der Waals surface area contributed by atoms with Crippen molar-refractivity contribution in [2.75, 3.05) is 0 Å². The van der Waals surface area contributed by atoms with Crippen molar-refractivity contribution in [3.63, 3.8) is 0 Å². The third-order valence-corrected chi connectivity index (χ3v) is 4.15. The lowest BCUT2D eigenvalue weighted by atomic mass is 10.3. The molecule has 0 aliphatic heterocycles.